The van der Waals surface area contributed by atoms with Gasteiger partial charge in [0.1, 0.15) is 5.69 Å². The molecule has 1 aliphatic heterocycles. The number of nitro benzene ring substituents is 1. The number of rotatable bonds is 7. The molecule has 0 radical (unpaired) electrons. The van der Waals surface area contributed by atoms with Crippen molar-refractivity contribution in [3.05, 3.63) is 28.3 Å². The summed E-state index contributed by atoms with van der Waals surface area (Å²) in [7, 11) is 0. The van der Waals surface area contributed by atoms with Crippen molar-refractivity contribution >= 4 is 11.4 Å². The molecule has 21 heavy (non-hydrogen) atoms. The molecule has 6 heteroatoms. The third kappa shape index (κ3) is 4.32. The lowest BCUT2D eigenvalue weighted by Gasteiger charge is -2.14. The standard InChI is InChI=1S/C15H23N3O3/c1-11(2)21-14-5-3-4-13(15(14)18(19)20)17-9-7-12-6-8-16-10-12/h3-5,11-12,16-17H,6-10H2,1-2H3. The van der Waals surface area contributed by atoms with Gasteiger partial charge in [-0.15, -0.1) is 0 Å². The molecule has 0 spiro atoms. The third-order valence-corrected chi connectivity index (χ3v) is 3.57. The van der Waals surface area contributed by atoms with Crippen molar-refractivity contribution in [2.75, 3.05) is 25.0 Å². The highest BCUT2D eigenvalue weighted by Gasteiger charge is 2.22. The van der Waals surface area contributed by atoms with Gasteiger partial charge in [-0.25, -0.2) is 0 Å². The van der Waals surface area contributed by atoms with Crippen molar-refractivity contribution in [1.82, 2.24) is 5.32 Å². The van der Waals surface area contributed by atoms with E-state index in [2.05, 4.69) is 10.6 Å². The van der Waals surface area contributed by atoms with E-state index in [9.17, 15) is 10.1 Å². The highest BCUT2D eigenvalue weighted by molar-refractivity contribution is 5.68. The predicted molar refractivity (Wildman–Crippen MR) is 82.9 cm³/mol. The maximum Gasteiger partial charge on any atom is 0.333 e. The molecule has 6 nitrogen and oxygen atoms in total. The van der Waals surface area contributed by atoms with Gasteiger partial charge in [0.25, 0.3) is 0 Å². The molecule has 116 valence electrons. The zero-order valence-corrected chi connectivity index (χ0v) is 12.6. The molecule has 1 fully saturated rings. The average molecular weight is 293 g/mol. The molecule has 1 heterocycles. The summed E-state index contributed by atoms with van der Waals surface area (Å²) in [6.45, 7) is 6.56. The molecule has 0 aliphatic carbocycles. The molecular formula is C15H23N3O3. The van der Waals surface area contributed by atoms with E-state index in [1.807, 2.05) is 13.8 Å². The van der Waals surface area contributed by atoms with Crippen molar-refractivity contribution in [3.63, 3.8) is 0 Å². The Morgan fingerprint density at radius 2 is 2.33 bits per heavy atom. The van der Waals surface area contributed by atoms with Crippen molar-refractivity contribution in [1.29, 1.82) is 0 Å². The Kier molecular flexibility index (Phi) is 5.38. The van der Waals surface area contributed by atoms with Crippen molar-refractivity contribution in [2.45, 2.75) is 32.8 Å². The smallest absolute Gasteiger partial charge is 0.333 e. The van der Waals surface area contributed by atoms with Crippen LogP contribution in [0.5, 0.6) is 5.75 Å². The van der Waals surface area contributed by atoms with Crippen molar-refractivity contribution < 1.29 is 9.66 Å². The summed E-state index contributed by atoms with van der Waals surface area (Å²) in [5, 5.41) is 17.8. The average Bonchev–Trinajstić information content (AvgIpc) is 2.91. The van der Waals surface area contributed by atoms with Gasteiger partial charge in [-0.3, -0.25) is 10.1 Å². The lowest BCUT2D eigenvalue weighted by molar-refractivity contribution is -0.385. The summed E-state index contributed by atoms with van der Waals surface area (Å²) in [6, 6.07) is 5.16. The molecule has 1 saturated heterocycles. The number of hydrogen-bond acceptors (Lipinski definition) is 5. The van der Waals surface area contributed by atoms with Crippen LogP contribution in [0, 0.1) is 16.0 Å². The molecule has 1 aromatic carbocycles. The molecule has 0 aromatic heterocycles. The first kappa shape index (κ1) is 15.6. The van der Waals surface area contributed by atoms with Gasteiger partial charge in [-0.1, -0.05) is 6.07 Å². The molecular weight excluding hydrogens is 270 g/mol. The molecule has 2 N–H and O–H groups in total. The van der Waals surface area contributed by atoms with Crippen LogP contribution in [0.4, 0.5) is 11.4 Å². The third-order valence-electron chi connectivity index (χ3n) is 3.57. The van der Waals surface area contributed by atoms with Crippen LogP contribution in [0.2, 0.25) is 0 Å². The van der Waals surface area contributed by atoms with E-state index in [-0.39, 0.29) is 16.7 Å². The predicted octanol–water partition coefficient (Wildman–Crippen LogP) is 2.79. The zero-order valence-electron chi connectivity index (χ0n) is 12.6. The summed E-state index contributed by atoms with van der Waals surface area (Å²) in [5.41, 5.74) is 0.555. The van der Waals surface area contributed by atoms with E-state index in [1.165, 1.54) is 6.42 Å². The Labute approximate surface area is 125 Å². The fraction of sp³-hybridized carbons (Fsp3) is 0.600. The van der Waals surface area contributed by atoms with Gasteiger partial charge in [-0.05, 0) is 57.8 Å². The number of nitro groups is 1. The first-order valence-corrected chi connectivity index (χ1v) is 7.46. The van der Waals surface area contributed by atoms with E-state index in [0.717, 1.165) is 26.1 Å². The van der Waals surface area contributed by atoms with Crippen molar-refractivity contribution in [3.8, 4) is 5.75 Å². The number of para-hydroxylation sites is 1. The highest BCUT2D eigenvalue weighted by atomic mass is 16.6. The number of ether oxygens (including phenoxy) is 1. The van der Waals surface area contributed by atoms with Crippen molar-refractivity contribution in [2.24, 2.45) is 5.92 Å². The second-order valence-electron chi connectivity index (χ2n) is 5.65. The summed E-state index contributed by atoms with van der Waals surface area (Å²) in [5.74, 6) is 0.981. The molecule has 1 aliphatic rings. The monoisotopic (exact) mass is 293 g/mol. The SMILES string of the molecule is CC(C)Oc1cccc(NCCC2CCNC2)c1[N+](=O)[O-]. The van der Waals surface area contributed by atoms with Crippen LogP contribution in [-0.2, 0) is 0 Å². The number of nitrogens with zero attached hydrogens (tertiary/aromatic N) is 1. The van der Waals surface area contributed by atoms with E-state index in [4.69, 9.17) is 4.74 Å². The first-order valence-electron chi connectivity index (χ1n) is 7.46. The Morgan fingerprint density at radius 1 is 1.52 bits per heavy atom. The Morgan fingerprint density at radius 3 is 2.95 bits per heavy atom. The molecule has 0 amide bonds. The Balaban J connectivity index is 2.04. The van der Waals surface area contributed by atoms with E-state index in [0.29, 0.717) is 17.4 Å². The maximum atomic E-state index is 11.3. The van der Waals surface area contributed by atoms with Crippen LogP contribution in [-0.4, -0.2) is 30.7 Å². The fourth-order valence-corrected chi connectivity index (χ4v) is 2.57. The fourth-order valence-electron chi connectivity index (χ4n) is 2.57. The van der Waals surface area contributed by atoms with Crippen LogP contribution >= 0.6 is 0 Å². The molecule has 1 atom stereocenters. The lowest BCUT2D eigenvalue weighted by atomic mass is 10.1. The van der Waals surface area contributed by atoms with Crippen LogP contribution in [0.15, 0.2) is 18.2 Å². The van der Waals surface area contributed by atoms with Crippen LogP contribution < -0.4 is 15.4 Å². The lowest BCUT2D eigenvalue weighted by Crippen LogP contribution is -2.14. The van der Waals surface area contributed by atoms with Crippen LogP contribution in [0.25, 0.3) is 0 Å². The number of benzene rings is 1. The number of hydrogen-bond donors (Lipinski definition) is 2. The van der Waals surface area contributed by atoms with Gasteiger partial charge in [0, 0.05) is 6.54 Å². The van der Waals surface area contributed by atoms with Gasteiger partial charge in [0.05, 0.1) is 11.0 Å². The highest BCUT2D eigenvalue weighted by Crippen LogP contribution is 2.35. The van der Waals surface area contributed by atoms with E-state index in [1.54, 1.807) is 18.2 Å². The van der Waals surface area contributed by atoms with Gasteiger partial charge in [0.15, 0.2) is 5.75 Å². The molecule has 0 saturated carbocycles. The van der Waals surface area contributed by atoms with Crippen LogP contribution in [0.1, 0.15) is 26.7 Å². The van der Waals surface area contributed by atoms with Crippen LogP contribution in [0.3, 0.4) is 0 Å². The molecule has 0 bridgehead atoms. The van der Waals surface area contributed by atoms with E-state index < -0.39 is 0 Å². The summed E-state index contributed by atoms with van der Waals surface area (Å²) in [4.78, 5) is 10.9. The van der Waals surface area contributed by atoms with Gasteiger partial charge >= 0.3 is 5.69 Å². The Bertz CT molecular complexity index is 485. The van der Waals surface area contributed by atoms with E-state index >= 15 is 0 Å². The van der Waals surface area contributed by atoms with Gasteiger partial charge in [0.2, 0.25) is 0 Å². The summed E-state index contributed by atoms with van der Waals surface area (Å²) < 4.78 is 5.54. The second kappa shape index (κ2) is 7.26. The summed E-state index contributed by atoms with van der Waals surface area (Å²) >= 11 is 0. The normalized spacial score (nSPS) is 18.0. The molecule has 1 unspecified atom stereocenters. The first-order chi connectivity index (χ1) is 10.1. The number of anilines is 1. The second-order valence-corrected chi connectivity index (χ2v) is 5.65. The topological polar surface area (TPSA) is 76.4 Å². The van der Waals surface area contributed by atoms with Gasteiger partial charge < -0.3 is 15.4 Å². The quantitative estimate of drug-likeness (QED) is 0.597. The minimum absolute atomic E-state index is 0.0238. The molecule has 2 rings (SSSR count). The summed E-state index contributed by atoms with van der Waals surface area (Å²) in [6.07, 6.45) is 2.10. The van der Waals surface area contributed by atoms with Gasteiger partial charge in [-0.2, -0.15) is 0 Å². The Hall–Kier alpha value is -1.82. The molecule has 1 aromatic rings. The minimum atomic E-state index is -0.378. The largest absolute Gasteiger partial charge is 0.484 e. The maximum absolute atomic E-state index is 11.3. The minimum Gasteiger partial charge on any atom is -0.484 e. The number of nitrogens with one attached hydrogen (secondary N) is 2. The zero-order chi connectivity index (χ0) is 15.2.